The first-order chi connectivity index (χ1) is 7.40. The lowest BCUT2D eigenvalue weighted by molar-refractivity contribution is -0.138. The highest BCUT2D eigenvalue weighted by molar-refractivity contribution is 5.66. The van der Waals surface area contributed by atoms with Gasteiger partial charge in [-0.15, -0.1) is 6.58 Å². The van der Waals surface area contributed by atoms with Crippen LogP contribution in [0.1, 0.15) is 40.5 Å². The quantitative estimate of drug-likeness (QED) is 0.519. The Labute approximate surface area is 98.2 Å². The molecule has 1 amide bonds. The Kier molecular flexibility index (Phi) is 6.81. The lowest BCUT2D eigenvalue weighted by Gasteiger charge is -2.26. The van der Waals surface area contributed by atoms with Gasteiger partial charge in [-0.3, -0.25) is 4.84 Å². The summed E-state index contributed by atoms with van der Waals surface area (Å²) >= 11 is 0. The van der Waals surface area contributed by atoms with E-state index in [9.17, 15) is 4.79 Å². The van der Waals surface area contributed by atoms with Crippen molar-refractivity contribution in [2.45, 2.75) is 46.1 Å². The molecule has 0 saturated heterocycles. The summed E-state index contributed by atoms with van der Waals surface area (Å²) in [5.74, 6) is 0. The number of carbonyl (C=O) groups is 1. The zero-order valence-electron chi connectivity index (χ0n) is 10.8. The van der Waals surface area contributed by atoms with Crippen molar-refractivity contribution in [2.75, 3.05) is 13.2 Å². The third kappa shape index (κ3) is 7.29. The molecule has 4 nitrogen and oxygen atoms in total. The Morgan fingerprint density at radius 3 is 2.50 bits per heavy atom. The Morgan fingerprint density at radius 2 is 2.06 bits per heavy atom. The lowest BCUT2D eigenvalue weighted by atomic mass is 10.2. The van der Waals surface area contributed by atoms with Crippen molar-refractivity contribution in [1.29, 1.82) is 0 Å². The van der Waals surface area contributed by atoms with E-state index in [0.717, 1.165) is 12.8 Å². The summed E-state index contributed by atoms with van der Waals surface area (Å²) in [5, 5.41) is 1.26. The van der Waals surface area contributed by atoms with Gasteiger partial charge in [-0.1, -0.05) is 19.4 Å². The average molecular weight is 229 g/mol. The van der Waals surface area contributed by atoms with Crippen molar-refractivity contribution in [3.63, 3.8) is 0 Å². The van der Waals surface area contributed by atoms with Gasteiger partial charge in [-0.25, -0.2) is 4.79 Å². The molecular weight excluding hydrogens is 206 g/mol. The molecule has 0 aromatic rings. The first-order valence-electron chi connectivity index (χ1n) is 5.65. The first kappa shape index (κ1) is 15.0. The zero-order chi connectivity index (χ0) is 12.6. The second-order valence-electron chi connectivity index (χ2n) is 4.52. The number of rotatable bonds is 6. The zero-order valence-corrected chi connectivity index (χ0v) is 10.8. The van der Waals surface area contributed by atoms with Crippen LogP contribution in [-0.2, 0) is 9.57 Å². The number of amides is 1. The summed E-state index contributed by atoms with van der Waals surface area (Å²) < 4.78 is 5.22. The molecule has 0 aliphatic rings. The molecule has 0 atom stereocenters. The van der Waals surface area contributed by atoms with Gasteiger partial charge in [-0.05, 0) is 27.2 Å². The second kappa shape index (κ2) is 7.28. The summed E-state index contributed by atoms with van der Waals surface area (Å²) in [7, 11) is 0. The van der Waals surface area contributed by atoms with E-state index in [1.165, 1.54) is 5.06 Å². The van der Waals surface area contributed by atoms with Crippen LogP contribution in [0.25, 0.3) is 0 Å². The normalized spacial score (nSPS) is 11.0. The Morgan fingerprint density at radius 1 is 1.44 bits per heavy atom. The van der Waals surface area contributed by atoms with Crippen molar-refractivity contribution in [3.05, 3.63) is 12.7 Å². The molecule has 0 rings (SSSR count). The van der Waals surface area contributed by atoms with Gasteiger partial charge in [0, 0.05) is 0 Å². The highest BCUT2D eigenvalue weighted by atomic mass is 16.7. The molecule has 0 aromatic heterocycles. The minimum absolute atomic E-state index is 0.308. The molecule has 0 aromatic carbocycles. The van der Waals surface area contributed by atoms with Gasteiger partial charge in [-0.2, -0.15) is 5.06 Å². The Bertz CT molecular complexity index is 221. The number of hydrogen-bond donors (Lipinski definition) is 0. The maximum absolute atomic E-state index is 11.7. The predicted octanol–water partition coefficient (Wildman–Crippen LogP) is 3.14. The summed E-state index contributed by atoms with van der Waals surface area (Å²) in [6.07, 6.45) is 3.04. The largest absolute Gasteiger partial charge is 0.442 e. The maximum Gasteiger partial charge on any atom is 0.434 e. The van der Waals surface area contributed by atoms with Gasteiger partial charge in [0.1, 0.15) is 5.60 Å². The SMILES string of the molecule is C=CCON(CCCC)C(=O)OC(C)(C)C. The summed E-state index contributed by atoms with van der Waals surface area (Å²) in [6, 6.07) is 0. The van der Waals surface area contributed by atoms with E-state index in [1.54, 1.807) is 6.08 Å². The van der Waals surface area contributed by atoms with Crippen molar-refractivity contribution in [3.8, 4) is 0 Å². The molecule has 0 N–H and O–H groups in total. The van der Waals surface area contributed by atoms with Gasteiger partial charge in [0.15, 0.2) is 0 Å². The van der Waals surface area contributed by atoms with Crippen LogP contribution >= 0.6 is 0 Å². The third-order valence-corrected chi connectivity index (χ3v) is 1.66. The van der Waals surface area contributed by atoms with Gasteiger partial charge in [0.25, 0.3) is 0 Å². The minimum atomic E-state index is -0.501. The molecule has 0 radical (unpaired) electrons. The summed E-state index contributed by atoms with van der Waals surface area (Å²) in [4.78, 5) is 17.0. The van der Waals surface area contributed by atoms with Gasteiger partial charge >= 0.3 is 6.09 Å². The Hall–Kier alpha value is -1.03. The standard InChI is InChI=1S/C12H23NO3/c1-6-8-9-13(15-10-7-2)11(14)16-12(3,4)5/h7H,2,6,8-10H2,1,3-5H3. The van der Waals surface area contributed by atoms with Crippen molar-refractivity contribution < 1.29 is 14.4 Å². The fourth-order valence-electron chi connectivity index (χ4n) is 0.966. The van der Waals surface area contributed by atoms with E-state index in [1.807, 2.05) is 20.8 Å². The van der Waals surface area contributed by atoms with E-state index in [-0.39, 0.29) is 0 Å². The third-order valence-electron chi connectivity index (χ3n) is 1.66. The number of hydroxylamine groups is 2. The molecule has 0 aliphatic heterocycles. The molecule has 0 bridgehead atoms. The lowest BCUT2D eigenvalue weighted by Crippen LogP contribution is -2.37. The fraction of sp³-hybridized carbons (Fsp3) is 0.750. The van der Waals surface area contributed by atoms with Crippen LogP contribution in [0.2, 0.25) is 0 Å². The molecular formula is C12H23NO3. The smallest absolute Gasteiger partial charge is 0.434 e. The van der Waals surface area contributed by atoms with Crippen LogP contribution in [0, 0.1) is 0 Å². The maximum atomic E-state index is 11.7. The number of hydrogen-bond acceptors (Lipinski definition) is 3. The van der Waals surface area contributed by atoms with E-state index in [0.29, 0.717) is 13.2 Å². The fourth-order valence-corrected chi connectivity index (χ4v) is 0.966. The minimum Gasteiger partial charge on any atom is -0.442 e. The predicted molar refractivity (Wildman–Crippen MR) is 64.0 cm³/mol. The Balaban J connectivity index is 4.24. The van der Waals surface area contributed by atoms with E-state index in [4.69, 9.17) is 9.57 Å². The topological polar surface area (TPSA) is 38.8 Å². The van der Waals surface area contributed by atoms with Crippen LogP contribution in [0.3, 0.4) is 0 Å². The van der Waals surface area contributed by atoms with Crippen LogP contribution in [0.5, 0.6) is 0 Å². The number of nitrogens with zero attached hydrogens (tertiary/aromatic N) is 1. The molecule has 16 heavy (non-hydrogen) atoms. The summed E-state index contributed by atoms with van der Waals surface area (Å²) in [6.45, 7) is 11.9. The number of carbonyl (C=O) groups excluding carboxylic acids is 1. The molecule has 0 heterocycles. The monoisotopic (exact) mass is 229 g/mol. The van der Waals surface area contributed by atoms with Crippen LogP contribution in [0.4, 0.5) is 4.79 Å². The van der Waals surface area contributed by atoms with Crippen molar-refractivity contribution in [2.24, 2.45) is 0 Å². The van der Waals surface area contributed by atoms with E-state index >= 15 is 0 Å². The van der Waals surface area contributed by atoms with Gasteiger partial charge in [0.2, 0.25) is 0 Å². The number of ether oxygens (including phenoxy) is 1. The van der Waals surface area contributed by atoms with E-state index in [2.05, 4.69) is 13.5 Å². The van der Waals surface area contributed by atoms with Crippen LogP contribution in [0.15, 0.2) is 12.7 Å². The summed E-state index contributed by atoms with van der Waals surface area (Å²) in [5.41, 5.74) is -0.501. The van der Waals surface area contributed by atoms with Crippen LogP contribution < -0.4 is 0 Å². The molecule has 0 aliphatic carbocycles. The van der Waals surface area contributed by atoms with Gasteiger partial charge in [0.05, 0.1) is 13.2 Å². The van der Waals surface area contributed by atoms with Crippen LogP contribution in [-0.4, -0.2) is 29.9 Å². The molecule has 4 heteroatoms. The highest BCUT2D eigenvalue weighted by Crippen LogP contribution is 2.10. The van der Waals surface area contributed by atoms with Crippen molar-refractivity contribution in [1.82, 2.24) is 5.06 Å². The first-order valence-corrected chi connectivity index (χ1v) is 5.65. The second-order valence-corrected chi connectivity index (χ2v) is 4.52. The molecule has 0 spiro atoms. The number of unbranched alkanes of at least 4 members (excludes halogenated alkanes) is 1. The molecule has 0 saturated carbocycles. The molecule has 0 unspecified atom stereocenters. The molecule has 94 valence electrons. The highest BCUT2D eigenvalue weighted by Gasteiger charge is 2.22. The van der Waals surface area contributed by atoms with E-state index < -0.39 is 11.7 Å². The average Bonchev–Trinajstić information content (AvgIpc) is 2.15. The van der Waals surface area contributed by atoms with Crippen molar-refractivity contribution >= 4 is 6.09 Å². The molecule has 0 fully saturated rings. The van der Waals surface area contributed by atoms with Gasteiger partial charge < -0.3 is 4.74 Å².